The average molecular weight is 370 g/mol. The molecule has 0 radical (unpaired) electrons. The molecule has 130 valence electrons. The lowest BCUT2D eigenvalue weighted by Crippen LogP contribution is -2.04. The highest BCUT2D eigenvalue weighted by Crippen LogP contribution is 2.33. The van der Waals surface area contributed by atoms with Gasteiger partial charge in [-0.05, 0) is 21.6 Å². The van der Waals surface area contributed by atoms with Gasteiger partial charge in [-0.2, -0.15) is 0 Å². The van der Waals surface area contributed by atoms with Gasteiger partial charge in [0.1, 0.15) is 13.2 Å². The van der Waals surface area contributed by atoms with Gasteiger partial charge in [0.25, 0.3) is 0 Å². The molecule has 0 atom stereocenters. The van der Waals surface area contributed by atoms with Gasteiger partial charge in [0.05, 0.1) is 38.0 Å². The number of rotatable bonds is 11. The second kappa shape index (κ2) is 11.0. The SMILES string of the molecule is COCCOc1cnc(SSc2ncc(OCCOC)cn2)nc1. The van der Waals surface area contributed by atoms with E-state index in [2.05, 4.69) is 19.9 Å². The quantitative estimate of drug-likeness (QED) is 0.333. The predicted octanol–water partition coefficient (Wildman–Crippen LogP) is 2.12. The van der Waals surface area contributed by atoms with Crippen LogP contribution in [0, 0.1) is 0 Å². The minimum atomic E-state index is 0.466. The fraction of sp³-hybridized carbons (Fsp3) is 0.429. The molecule has 0 unspecified atom stereocenters. The molecule has 24 heavy (non-hydrogen) atoms. The smallest absolute Gasteiger partial charge is 0.199 e. The maximum Gasteiger partial charge on any atom is 0.199 e. The fourth-order valence-corrected chi connectivity index (χ4v) is 2.90. The van der Waals surface area contributed by atoms with Gasteiger partial charge in [-0.3, -0.25) is 0 Å². The summed E-state index contributed by atoms with van der Waals surface area (Å²) < 4.78 is 20.6. The monoisotopic (exact) mass is 370 g/mol. The van der Waals surface area contributed by atoms with E-state index in [1.54, 1.807) is 39.0 Å². The second-order valence-electron chi connectivity index (χ2n) is 4.25. The van der Waals surface area contributed by atoms with Crippen LogP contribution in [0.15, 0.2) is 35.1 Å². The number of methoxy groups -OCH3 is 2. The zero-order valence-corrected chi connectivity index (χ0v) is 15.0. The Morgan fingerprint density at radius 2 is 1.04 bits per heavy atom. The molecule has 0 saturated heterocycles. The van der Waals surface area contributed by atoms with Crippen LogP contribution in [0.4, 0.5) is 0 Å². The van der Waals surface area contributed by atoms with Crippen LogP contribution >= 0.6 is 21.6 Å². The standard InChI is InChI=1S/C14H18N4O4S2/c1-19-3-5-21-11-7-15-13(16-8-11)23-24-14-17-9-12(10-18-14)22-6-4-20-2/h7-10H,3-6H2,1-2H3. The van der Waals surface area contributed by atoms with E-state index in [4.69, 9.17) is 18.9 Å². The molecule has 2 rings (SSSR count). The summed E-state index contributed by atoms with van der Waals surface area (Å²) in [5, 5.41) is 1.20. The molecule has 2 heterocycles. The van der Waals surface area contributed by atoms with Crippen molar-refractivity contribution in [3.63, 3.8) is 0 Å². The molecule has 0 spiro atoms. The van der Waals surface area contributed by atoms with Crippen molar-refractivity contribution in [1.82, 2.24) is 19.9 Å². The van der Waals surface area contributed by atoms with Gasteiger partial charge in [-0.15, -0.1) is 0 Å². The Kier molecular flexibility index (Phi) is 8.60. The van der Waals surface area contributed by atoms with E-state index in [1.165, 1.54) is 21.6 Å². The van der Waals surface area contributed by atoms with Crippen LogP contribution in [0.2, 0.25) is 0 Å². The van der Waals surface area contributed by atoms with E-state index in [-0.39, 0.29) is 0 Å². The van der Waals surface area contributed by atoms with Gasteiger partial charge in [-0.25, -0.2) is 19.9 Å². The molecule has 0 aliphatic rings. The number of hydrogen-bond acceptors (Lipinski definition) is 10. The lowest BCUT2D eigenvalue weighted by molar-refractivity contribution is 0.146. The summed E-state index contributed by atoms with van der Waals surface area (Å²) >= 11 is 0. The van der Waals surface area contributed by atoms with Crippen molar-refractivity contribution in [3.05, 3.63) is 24.8 Å². The Bertz CT molecular complexity index is 533. The molecule has 0 aliphatic carbocycles. The zero-order chi connectivity index (χ0) is 17.0. The third-order valence-electron chi connectivity index (χ3n) is 2.51. The molecule has 2 aromatic rings. The van der Waals surface area contributed by atoms with Crippen LogP contribution < -0.4 is 9.47 Å². The van der Waals surface area contributed by atoms with Gasteiger partial charge in [0.2, 0.25) is 0 Å². The van der Waals surface area contributed by atoms with Crippen LogP contribution in [0.1, 0.15) is 0 Å². The van der Waals surface area contributed by atoms with Crippen molar-refractivity contribution in [1.29, 1.82) is 0 Å². The largest absolute Gasteiger partial charge is 0.488 e. The highest BCUT2D eigenvalue weighted by atomic mass is 33.1. The molecular formula is C14H18N4O4S2. The van der Waals surface area contributed by atoms with Gasteiger partial charge in [0, 0.05) is 14.2 Å². The van der Waals surface area contributed by atoms with E-state index in [1.807, 2.05) is 0 Å². The summed E-state index contributed by atoms with van der Waals surface area (Å²) in [5.74, 6) is 1.21. The van der Waals surface area contributed by atoms with Crippen LogP contribution in [0.25, 0.3) is 0 Å². The summed E-state index contributed by atoms with van der Waals surface area (Å²) in [6, 6.07) is 0. The number of nitrogens with zero attached hydrogens (tertiary/aromatic N) is 4. The normalized spacial score (nSPS) is 10.6. The number of aromatic nitrogens is 4. The number of ether oxygens (including phenoxy) is 4. The minimum absolute atomic E-state index is 0.466. The third kappa shape index (κ3) is 6.87. The lowest BCUT2D eigenvalue weighted by Gasteiger charge is -2.05. The van der Waals surface area contributed by atoms with Crippen molar-refractivity contribution in [3.8, 4) is 11.5 Å². The summed E-state index contributed by atoms with van der Waals surface area (Å²) in [7, 11) is 5.98. The van der Waals surface area contributed by atoms with Gasteiger partial charge >= 0.3 is 0 Å². The molecule has 0 aliphatic heterocycles. The Labute approximate surface area is 148 Å². The molecule has 0 saturated carbocycles. The van der Waals surface area contributed by atoms with Crippen LogP contribution in [0.5, 0.6) is 11.5 Å². The zero-order valence-electron chi connectivity index (χ0n) is 13.4. The first-order chi connectivity index (χ1) is 11.8. The number of hydrogen-bond donors (Lipinski definition) is 0. The molecule has 8 nitrogen and oxygen atoms in total. The third-order valence-corrected chi connectivity index (χ3v) is 4.46. The lowest BCUT2D eigenvalue weighted by atomic mass is 10.6. The Morgan fingerprint density at radius 1 is 0.667 bits per heavy atom. The molecule has 2 aromatic heterocycles. The maximum atomic E-state index is 5.40. The van der Waals surface area contributed by atoms with Gasteiger partial charge < -0.3 is 18.9 Å². The maximum absolute atomic E-state index is 5.40. The summed E-state index contributed by atoms with van der Waals surface area (Å²) in [4.78, 5) is 16.8. The molecule has 0 aromatic carbocycles. The van der Waals surface area contributed by atoms with E-state index >= 15 is 0 Å². The highest BCUT2D eigenvalue weighted by molar-refractivity contribution is 8.76. The molecule has 10 heteroatoms. The van der Waals surface area contributed by atoms with Gasteiger partial charge in [-0.1, -0.05) is 0 Å². The summed E-state index contributed by atoms with van der Waals surface area (Å²) in [5.41, 5.74) is 0. The molecule has 0 amide bonds. The van der Waals surface area contributed by atoms with Crippen LogP contribution in [-0.4, -0.2) is 60.6 Å². The first-order valence-corrected chi connectivity index (χ1v) is 9.19. The first kappa shape index (κ1) is 18.7. The fourth-order valence-electron chi connectivity index (χ4n) is 1.40. The molecular weight excluding hydrogens is 352 g/mol. The topological polar surface area (TPSA) is 88.5 Å². The summed E-state index contributed by atoms with van der Waals surface area (Å²) in [6.45, 7) is 1.98. The van der Waals surface area contributed by atoms with E-state index in [9.17, 15) is 0 Å². The molecule has 0 N–H and O–H groups in total. The first-order valence-electron chi connectivity index (χ1n) is 7.04. The van der Waals surface area contributed by atoms with Crippen molar-refractivity contribution in [2.24, 2.45) is 0 Å². The van der Waals surface area contributed by atoms with Crippen LogP contribution in [0.3, 0.4) is 0 Å². The van der Waals surface area contributed by atoms with Crippen molar-refractivity contribution in [2.45, 2.75) is 10.3 Å². The van der Waals surface area contributed by atoms with E-state index in [0.717, 1.165) is 0 Å². The highest BCUT2D eigenvalue weighted by Gasteiger charge is 2.05. The Balaban J connectivity index is 1.76. The van der Waals surface area contributed by atoms with E-state index < -0.39 is 0 Å². The van der Waals surface area contributed by atoms with Crippen molar-refractivity contribution >= 4 is 21.6 Å². The second-order valence-corrected chi connectivity index (χ2v) is 6.32. The van der Waals surface area contributed by atoms with Crippen molar-refractivity contribution in [2.75, 3.05) is 40.6 Å². The molecule has 0 bridgehead atoms. The minimum Gasteiger partial charge on any atom is -0.488 e. The van der Waals surface area contributed by atoms with Gasteiger partial charge in [0.15, 0.2) is 21.8 Å². The Morgan fingerprint density at radius 3 is 1.38 bits per heavy atom. The Hall–Kier alpha value is -1.62. The van der Waals surface area contributed by atoms with Crippen LogP contribution in [-0.2, 0) is 9.47 Å². The summed E-state index contributed by atoms with van der Waals surface area (Å²) in [6.07, 6.45) is 6.50. The average Bonchev–Trinajstić information content (AvgIpc) is 2.63. The van der Waals surface area contributed by atoms with E-state index in [0.29, 0.717) is 48.2 Å². The van der Waals surface area contributed by atoms with Crippen molar-refractivity contribution < 1.29 is 18.9 Å². The predicted molar refractivity (Wildman–Crippen MR) is 90.5 cm³/mol. The molecule has 0 fully saturated rings.